The third-order valence-electron chi connectivity index (χ3n) is 2.13. The average molecular weight is 283 g/mol. The van der Waals surface area contributed by atoms with Crippen molar-refractivity contribution in [3.8, 4) is 5.75 Å². The summed E-state index contributed by atoms with van der Waals surface area (Å²) in [6, 6.07) is 3.08. The second-order valence-corrected chi connectivity index (χ2v) is 4.27. The molecule has 0 aliphatic carbocycles. The molecule has 0 amide bonds. The van der Waals surface area contributed by atoms with E-state index in [-0.39, 0.29) is 0 Å². The standard InChI is InChI=1S/C12H8Cl2N2O2/c13-10-3-7(15)4-11(14)12(10)18-9-2-1-8(6-17)16-5-9/h1-5,16H,15H2. The number of nitrogens with two attached hydrogens (primary N) is 1. The molecule has 4 nitrogen and oxygen atoms in total. The molecule has 0 atom stereocenters. The number of carbonyl (C=O) groups excluding carboxylic acids is 1. The number of allylic oxidation sites excluding steroid dienone is 2. The van der Waals surface area contributed by atoms with Crippen molar-refractivity contribution in [1.29, 1.82) is 0 Å². The molecule has 2 rings (SSSR count). The first-order chi connectivity index (χ1) is 8.60. The fraction of sp³-hybridized carbons (Fsp3) is 0. The smallest absolute Gasteiger partial charge is 0.164 e. The van der Waals surface area contributed by atoms with Gasteiger partial charge in [0.1, 0.15) is 11.5 Å². The molecule has 1 aliphatic rings. The number of nitrogens with one attached hydrogen (secondary N) is 1. The number of hydrogen-bond donors (Lipinski definition) is 2. The van der Waals surface area contributed by atoms with Gasteiger partial charge in [0, 0.05) is 11.9 Å². The average Bonchev–Trinajstić information content (AvgIpc) is 2.34. The van der Waals surface area contributed by atoms with Crippen LogP contribution in [0.2, 0.25) is 10.0 Å². The Bertz CT molecular complexity index is 579. The maximum atomic E-state index is 10.4. The summed E-state index contributed by atoms with van der Waals surface area (Å²) in [7, 11) is 0. The highest BCUT2D eigenvalue weighted by Gasteiger charge is 2.11. The van der Waals surface area contributed by atoms with Crippen molar-refractivity contribution >= 4 is 34.8 Å². The minimum atomic E-state index is 0.309. The Hall–Kier alpha value is -1.87. The largest absolute Gasteiger partial charge is 0.453 e. The number of halogens is 2. The molecule has 92 valence electrons. The van der Waals surface area contributed by atoms with E-state index in [4.69, 9.17) is 33.7 Å². The Labute approximate surface area is 113 Å². The Kier molecular flexibility index (Phi) is 3.63. The first-order valence-electron chi connectivity index (χ1n) is 4.92. The second-order valence-electron chi connectivity index (χ2n) is 3.46. The summed E-state index contributed by atoms with van der Waals surface area (Å²) in [5.74, 6) is 2.49. The van der Waals surface area contributed by atoms with Crippen LogP contribution >= 0.6 is 23.2 Å². The van der Waals surface area contributed by atoms with Gasteiger partial charge in [0.05, 0.1) is 10.0 Å². The van der Waals surface area contributed by atoms with Crippen LogP contribution in [-0.2, 0) is 4.79 Å². The molecular weight excluding hydrogens is 275 g/mol. The first-order valence-corrected chi connectivity index (χ1v) is 5.68. The van der Waals surface area contributed by atoms with E-state index >= 15 is 0 Å². The van der Waals surface area contributed by atoms with Crippen molar-refractivity contribution in [3.63, 3.8) is 0 Å². The molecular formula is C12H8Cl2N2O2. The lowest BCUT2D eigenvalue weighted by Crippen LogP contribution is -2.11. The van der Waals surface area contributed by atoms with Crippen molar-refractivity contribution in [2.45, 2.75) is 0 Å². The molecule has 6 heteroatoms. The van der Waals surface area contributed by atoms with Crippen LogP contribution in [0.1, 0.15) is 0 Å². The molecule has 1 heterocycles. The van der Waals surface area contributed by atoms with Gasteiger partial charge in [-0.3, -0.25) is 0 Å². The van der Waals surface area contributed by atoms with Crippen LogP contribution in [0.5, 0.6) is 5.75 Å². The Morgan fingerprint density at radius 2 is 1.89 bits per heavy atom. The predicted molar refractivity (Wildman–Crippen MR) is 71.1 cm³/mol. The first kappa shape index (κ1) is 12.6. The fourth-order valence-electron chi connectivity index (χ4n) is 1.33. The van der Waals surface area contributed by atoms with E-state index in [0.29, 0.717) is 32.9 Å². The molecule has 0 radical (unpaired) electrons. The van der Waals surface area contributed by atoms with Gasteiger partial charge in [-0.15, -0.1) is 0 Å². The highest BCUT2D eigenvalue weighted by atomic mass is 35.5. The number of benzene rings is 1. The molecule has 0 saturated heterocycles. The summed E-state index contributed by atoms with van der Waals surface area (Å²) in [6.45, 7) is 0. The molecule has 3 N–H and O–H groups in total. The number of hydrogen-bond acceptors (Lipinski definition) is 4. The molecule has 0 aromatic heterocycles. The van der Waals surface area contributed by atoms with E-state index < -0.39 is 0 Å². The lowest BCUT2D eigenvalue weighted by atomic mass is 10.3. The number of rotatable bonds is 2. The van der Waals surface area contributed by atoms with Crippen LogP contribution in [0.4, 0.5) is 5.69 Å². The van der Waals surface area contributed by atoms with Gasteiger partial charge >= 0.3 is 0 Å². The molecule has 0 fully saturated rings. The molecule has 0 bridgehead atoms. The molecule has 1 aromatic rings. The van der Waals surface area contributed by atoms with Crippen molar-refractivity contribution in [1.82, 2.24) is 5.32 Å². The van der Waals surface area contributed by atoms with Crippen LogP contribution in [0.3, 0.4) is 0 Å². The van der Waals surface area contributed by atoms with Gasteiger partial charge in [-0.2, -0.15) is 0 Å². The Morgan fingerprint density at radius 1 is 1.22 bits per heavy atom. The molecule has 0 spiro atoms. The topological polar surface area (TPSA) is 64.3 Å². The zero-order valence-electron chi connectivity index (χ0n) is 9.04. The highest BCUT2D eigenvalue weighted by Crippen LogP contribution is 2.36. The summed E-state index contributed by atoms with van der Waals surface area (Å²) in [6.07, 6.45) is 4.63. The van der Waals surface area contributed by atoms with E-state index in [1.807, 2.05) is 0 Å². The van der Waals surface area contributed by atoms with Crippen LogP contribution < -0.4 is 15.8 Å². The normalized spacial score (nSPS) is 13.7. The van der Waals surface area contributed by atoms with Gasteiger partial charge in [0.15, 0.2) is 11.7 Å². The minimum Gasteiger partial charge on any atom is -0.453 e. The van der Waals surface area contributed by atoms with Gasteiger partial charge in [-0.1, -0.05) is 23.2 Å². The Balaban J connectivity index is 2.24. The van der Waals surface area contributed by atoms with E-state index in [0.717, 1.165) is 0 Å². The summed E-state index contributed by atoms with van der Waals surface area (Å²) in [5.41, 5.74) is 6.36. The van der Waals surface area contributed by atoms with Crippen LogP contribution in [0.15, 0.2) is 41.9 Å². The van der Waals surface area contributed by atoms with Gasteiger partial charge in [0.25, 0.3) is 0 Å². The maximum absolute atomic E-state index is 10.4. The van der Waals surface area contributed by atoms with Crippen molar-refractivity contribution in [2.24, 2.45) is 0 Å². The SMILES string of the molecule is Nc1cc(Cl)c(OC2=CNC(=C=O)C=C2)c(Cl)c1. The zero-order chi connectivity index (χ0) is 13.1. The monoisotopic (exact) mass is 282 g/mol. The zero-order valence-corrected chi connectivity index (χ0v) is 10.5. The van der Waals surface area contributed by atoms with E-state index in [2.05, 4.69) is 5.32 Å². The lowest BCUT2D eigenvalue weighted by Gasteiger charge is -2.13. The van der Waals surface area contributed by atoms with Crippen LogP contribution in [0, 0.1) is 0 Å². The van der Waals surface area contributed by atoms with Crippen LogP contribution in [0.25, 0.3) is 0 Å². The molecule has 18 heavy (non-hydrogen) atoms. The summed E-state index contributed by atoms with van der Waals surface area (Å²) in [5, 5.41) is 3.32. The number of anilines is 1. The van der Waals surface area contributed by atoms with Gasteiger partial charge in [0.2, 0.25) is 0 Å². The number of dihydropyridines is 1. The summed E-state index contributed by atoms with van der Waals surface area (Å²) in [4.78, 5) is 10.4. The van der Waals surface area contributed by atoms with Gasteiger partial charge in [-0.25, -0.2) is 4.79 Å². The van der Waals surface area contributed by atoms with Crippen molar-refractivity contribution in [3.05, 3.63) is 52.0 Å². The number of ether oxygens (including phenoxy) is 1. The molecule has 1 aliphatic heterocycles. The fourth-order valence-corrected chi connectivity index (χ4v) is 1.91. The van der Waals surface area contributed by atoms with Gasteiger partial charge < -0.3 is 15.8 Å². The van der Waals surface area contributed by atoms with Gasteiger partial charge in [-0.05, 0) is 24.3 Å². The van der Waals surface area contributed by atoms with Crippen LogP contribution in [-0.4, -0.2) is 5.94 Å². The Morgan fingerprint density at radius 3 is 2.39 bits per heavy atom. The second kappa shape index (κ2) is 5.19. The van der Waals surface area contributed by atoms with Crippen molar-refractivity contribution < 1.29 is 9.53 Å². The molecule has 0 unspecified atom stereocenters. The summed E-state index contributed by atoms with van der Waals surface area (Å²) >= 11 is 12.0. The van der Waals surface area contributed by atoms with E-state index in [1.54, 1.807) is 24.2 Å². The van der Waals surface area contributed by atoms with Crippen molar-refractivity contribution in [2.75, 3.05) is 5.73 Å². The highest BCUT2D eigenvalue weighted by molar-refractivity contribution is 6.37. The number of nitrogen functional groups attached to an aromatic ring is 1. The predicted octanol–water partition coefficient (Wildman–Crippen LogP) is 2.67. The van der Waals surface area contributed by atoms with E-state index in [1.165, 1.54) is 12.3 Å². The molecule has 0 saturated carbocycles. The van der Waals surface area contributed by atoms with E-state index in [9.17, 15) is 4.79 Å². The maximum Gasteiger partial charge on any atom is 0.164 e. The lowest BCUT2D eigenvalue weighted by molar-refractivity contribution is 0.439. The third kappa shape index (κ3) is 2.68. The minimum absolute atomic E-state index is 0.309. The molecule has 1 aromatic carbocycles. The summed E-state index contributed by atoms with van der Waals surface area (Å²) < 4.78 is 5.51. The quantitative estimate of drug-likeness (QED) is 0.647. The third-order valence-corrected chi connectivity index (χ3v) is 2.70.